The Kier molecular flexibility index (Phi) is 3.15. The molecular weight excluding hydrogens is 302 g/mol. The molecule has 0 bridgehead atoms. The molecule has 0 aliphatic carbocycles. The van der Waals surface area contributed by atoms with E-state index in [1.54, 1.807) is 11.9 Å². The molecule has 1 aliphatic heterocycles. The highest BCUT2D eigenvalue weighted by Gasteiger charge is 2.31. The minimum absolute atomic E-state index is 0.105. The zero-order chi connectivity index (χ0) is 15.1. The fraction of sp³-hybridized carbons (Fsp3) is 0.267. The van der Waals surface area contributed by atoms with E-state index < -0.39 is 0 Å². The lowest BCUT2D eigenvalue weighted by Gasteiger charge is -2.07. The number of hydrogen-bond donors (Lipinski definition) is 0. The van der Waals surface area contributed by atoms with Gasteiger partial charge in [-0.2, -0.15) is 0 Å². The van der Waals surface area contributed by atoms with Gasteiger partial charge >= 0.3 is 0 Å². The molecule has 1 saturated heterocycles. The predicted molar refractivity (Wildman–Crippen MR) is 81.4 cm³/mol. The van der Waals surface area contributed by atoms with Crippen LogP contribution in [0.3, 0.4) is 0 Å². The van der Waals surface area contributed by atoms with E-state index in [1.165, 1.54) is 11.8 Å². The van der Waals surface area contributed by atoms with Gasteiger partial charge < -0.3 is 13.7 Å². The van der Waals surface area contributed by atoms with Crippen LogP contribution in [-0.2, 0) is 4.79 Å². The van der Waals surface area contributed by atoms with Gasteiger partial charge in [0.05, 0.1) is 5.25 Å². The number of thioether (sulfide) groups is 1. The van der Waals surface area contributed by atoms with Crippen molar-refractivity contribution in [3.63, 3.8) is 0 Å². The molecule has 0 saturated carbocycles. The van der Waals surface area contributed by atoms with Crippen LogP contribution < -0.4 is 0 Å². The molecule has 1 unspecified atom stereocenters. The molecule has 112 valence electrons. The minimum atomic E-state index is -0.144. The molecule has 4 rings (SSSR count). The normalized spacial score (nSPS) is 18.5. The molecule has 2 aromatic heterocycles. The molecule has 7 heteroatoms. The largest absolute Gasteiger partial charge is 0.451 e. The van der Waals surface area contributed by atoms with E-state index in [4.69, 9.17) is 8.83 Å². The Morgan fingerprint density at radius 1 is 1.27 bits per heavy atom. The molecule has 1 aromatic carbocycles. The molecule has 6 nitrogen and oxygen atoms in total. The quantitative estimate of drug-likeness (QED) is 0.740. The van der Waals surface area contributed by atoms with Gasteiger partial charge in [-0.05, 0) is 18.6 Å². The summed E-state index contributed by atoms with van der Waals surface area (Å²) < 4.78 is 11.3. The van der Waals surface area contributed by atoms with Gasteiger partial charge in [-0.15, -0.1) is 10.2 Å². The highest BCUT2D eigenvalue weighted by Crippen LogP contribution is 2.32. The summed E-state index contributed by atoms with van der Waals surface area (Å²) in [6.45, 7) is 0.765. The number of carbonyl (C=O) groups excluding carboxylic acids is 1. The fourth-order valence-corrected chi connectivity index (χ4v) is 3.43. The Balaban J connectivity index is 1.57. The van der Waals surface area contributed by atoms with Crippen molar-refractivity contribution in [2.75, 3.05) is 13.6 Å². The third kappa shape index (κ3) is 2.27. The second kappa shape index (κ2) is 5.17. The van der Waals surface area contributed by atoms with Crippen molar-refractivity contribution in [1.29, 1.82) is 0 Å². The summed E-state index contributed by atoms with van der Waals surface area (Å²) in [7, 11) is 1.80. The zero-order valence-electron chi connectivity index (χ0n) is 11.9. The van der Waals surface area contributed by atoms with Crippen LogP contribution in [0.25, 0.3) is 22.6 Å². The summed E-state index contributed by atoms with van der Waals surface area (Å²) in [6, 6.07) is 9.57. The van der Waals surface area contributed by atoms with E-state index in [0.29, 0.717) is 16.9 Å². The zero-order valence-corrected chi connectivity index (χ0v) is 12.7. The maximum atomic E-state index is 11.9. The van der Waals surface area contributed by atoms with Crippen LogP contribution in [0.4, 0.5) is 0 Å². The van der Waals surface area contributed by atoms with Crippen LogP contribution in [0.1, 0.15) is 6.42 Å². The molecule has 0 radical (unpaired) electrons. The van der Waals surface area contributed by atoms with Gasteiger partial charge in [0, 0.05) is 19.0 Å². The van der Waals surface area contributed by atoms with Crippen LogP contribution in [0, 0.1) is 0 Å². The number of amides is 1. The van der Waals surface area contributed by atoms with Crippen molar-refractivity contribution < 1.29 is 13.6 Å². The van der Waals surface area contributed by atoms with E-state index in [1.807, 2.05) is 30.3 Å². The first-order chi connectivity index (χ1) is 10.7. The molecule has 1 fully saturated rings. The Hall–Kier alpha value is -2.28. The fourth-order valence-electron chi connectivity index (χ4n) is 2.47. The molecule has 1 atom stereocenters. The summed E-state index contributed by atoms with van der Waals surface area (Å²) in [5, 5.41) is 9.24. The lowest BCUT2D eigenvalue weighted by atomic mass is 10.2. The van der Waals surface area contributed by atoms with Crippen molar-refractivity contribution in [2.45, 2.75) is 16.9 Å². The number of benzene rings is 1. The maximum Gasteiger partial charge on any atom is 0.284 e. The standard InChI is InChI=1S/C15H13N3O3S/c1-18-7-6-12(14(18)19)22-15-17-16-13(21-15)11-8-9-4-2-3-5-10(9)20-11/h2-5,8,12H,6-7H2,1H3. The maximum absolute atomic E-state index is 11.9. The summed E-state index contributed by atoms with van der Waals surface area (Å²) >= 11 is 1.31. The summed E-state index contributed by atoms with van der Waals surface area (Å²) in [5.74, 6) is 0.974. The topological polar surface area (TPSA) is 72.4 Å². The van der Waals surface area contributed by atoms with Crippen molar-refractivity contribution in [2.24, 2.45) is 0 Å². The number of hydrogen-bond acceptors (Lipinski definition) is 6. The summed E-state index contributed by atoms with van der Waals surface area (Å²) in [4.78, 5) is 13.6. The second-order valence-corrected chi connectivity index (χ2v) is 6.33. The Labute approximate surface area is 130 Å². The van der Waals surface area contributed by atoms with Crippen molar-refractivity contribution in [3.8, 4) is 11.7 Å². The Morgan fingerprint density at radius 3 is 2.91 bits per heavy atom. The lowest BCUT2D eigenvalue weighted by Crippen LogP contribution is -2.23. The average Bonchev–Trinajstić information content (AvgIpc) is 3.22. The monoisotopic (exact) mass is 315 g/mol. The predicted octanol–water partition coefficient (Wildman–Crippen LogP) is 2.81. The van der Waals surface area contributed by atoms with E-state index in [9.17, 15) is 4.79 Å². The first-order valence-electron chi connectivity index (χ1n) is 6.95. The number of carbonyl (C=O) groups is 1. The van der Waals surface area contributed by atoms with Gasteiger partial charge in [-0.1, -0.05) is 30.0 Å². The summed E-state index contributed by atoms with van der Waals surface area (Å²) in [6.07, 6.45) is 0.794. The van der Waals surface area contributed by atoms with E-state index >= 15 is 0 Å². The number of para-hydroxylation sites is 1. The van der Waals surface area contributed by atoms with E-state index in [2.05, 4.69) is 10.2 Å². The van der Waals surface area contributed by atoms with Gasteiger partial charge in [0.15, 0.2) is 5.76 Å². The van der Waals surface area contributed by atoms with Crippen LogP contribution >= 0.6 is 11.8 Å². The van der Waals surface area contributed by atoms with Crippen LogP contribution in [0.15, 0.2) is 44.4 Å². The van der Waals surface area contributed by atoms with Crippen molar-refractivity contribution in [3.05, 3.63) is 30.3 Å². The van der Waals surface area contributed by atoms with E-state index in [0.717, 1.165) is 23.9 Å². The average molecular weight is 315 g/mol. The van der Waals surface area contributed by atoms with Gasteiger partial charge in [0.25, 0.3) is 11.1 Å². The minimum Gasteiger partial charge on any atom is -0.451 e. The number of nitrogens with zero attached hydrogens (tertiary/aromatic N) is 3. The number of fused-ring (bicyclic) bond motifs is 1. The summed E-state index contributed by atoms with van der Waals surface area (Å²) in [5.41, 5.74) is 0.775. The second-order valence-electron chi connectivity index (χ2n) is 5.18. The first kappa shape index (κ1) is 13.4. The SMILES string of the molecule is CN1CCC(Sc2nnc(-c3cc4ccccc4o3)o2)C1=O. The molecule has 3 aromatic rings. The third-order valence-electron chi connectivity index (χ3n) is 3.66. The lowest BCUT2D eigenvalue weighted by molar-refractivity contribution is -0.126. The van der Waals surface area contributed by atoms with Gasteiger partial charge in [0.1, 0.15) is 5.58 Å². The number of furan rings is 1. The van der Waals surface area contributed by atoms with Crippen LogP contribution in [-0.4, -0.2) is 39.8 Å². The number of rotatable bonds is 3. The third-order valence-corrected chi connectivity index (χ3v) is 4.75. The Bertz CT molecular complexity index is 808. The van der Waals surface area contributed by atoms with Crippen molar-refractivity contribution in [1.82, 2.24) is 15.1 Å². The number of aromatic nitrogens is 2. The molecular formula is C15H13N3O3S. The smallest absolute Gasteiger partial charge is 0.284 e. The Morgan fingerprint density at radius 2 is 2.14 bits per heavy atom. The molecule has 3 heterocycles. The van der Waals surface area contributed by atoms with Crippen LogP contribution in [0.5, 0.6) is 0 Å². The highest BCUT2D eigenvalue weighted by atomic mass is 32.2. The molecule has 0 spiro atoms. The molecule has 22 heavy (non-hydrogen) atoms. The number of likely N-dealkylation sites (tertiary alicyclic amines) is 1. The van der Waals surface area contributed by atoms with Crippen molar-refractivity contribution >= 4 is 28.6 Å². The first-order valence-corrected chi connectivity index (χ1v) is 7.83. The van der Waals surface area contributed by atoms with Gasteiger partial charge in [-0.3, -0.25) is 4.79 Å². The van der Waals surface area contributed by atoms with Gasteiger partial charge in [0.2, 0.25) is 5.91 Å². The van der Waals surface area contributed by atoms with Gasteiger partial charge in [-0.25, -0.2) is 0 Å². The van der Waals surface area contributed by atoms with Crippen LogP contribution in [0.2, 0.25) is 0 Å². The molecule has 0 N–H and O–H groups in total. The molecule has 1 aliphatic rings. The van der Waals surface area contributed by atoms with E-state index in [-0.39, 0.29) is 11.2 Å². The highest BCUT2D eigenvalue weighted by molar-refractivity contribution is 8.00. The molecule has 1 amide bonds.